The Morgan fingerprint density at radius 1 is 0.649 bits per heavy atom. The molecule has 0 aromatic heterocycles. The molecule has 188 valence electrons. The highest BCUT2D eigenvalue weighted by Gasteiger charge is 2.50. The highest BCUT2D eigenvalue weighted by Crippen LogP contribution is 2.42. The van der Waals surface area contributed by atoms with E-state index in [-0.39, 0.29) is 11.8 Å². The van der Waals surface area contributed by atoms with Gasteiger partial charge in [0.2, 0.25) is 0 Å². The number of carbonyl (C=O) groups excluding carboxylic acids is 2. The minimum absolute atomic E-state index is 0.125. The van der Waals surface area contributed by atoms with Crippen molar-refractivity contribution >= 4 is 34.6 Å². The number of anilines is 2. The first kappa shape index (κ1) is 24.6. The summed E-state index contributed by atoms with van der Waals surface area (Å²) in [5.74, 6) is -1.83. The van der Waals surface area contributed by atoms with Crippen LogP contribution in [0.15, 0.2) is 83.0 Å². The molecule has 0 N–H and O–H groups in total. The van der Waals surface area contributed by atoms with Gasteiger partial charge in [-0.05, 0) is 69.5 Å². The van der Waals surface area contributed by atoms with Crippen LogP contribution in [-0.4, -0.2) is 23.2 Å². The molecule has 2 unspecified atom stereocenters. The third-order valence-corrected chi connectivity index (χ3v) is 7.41. The molecule has 2 heterocycles. The molecular weight excluding hydrogens is 460 g/mol. The summed E-state index contributed by atoms with van der Waals surface area (Å²) in [6.45, 7) is 9.90. The zero-order valence-electron chi connectivity index (χ0n) is 22.0. The van der Waals surface area contributed by atoms with Crippen molar-refractivity contribution in [2.75, 3.05) is 10.0 Å². The van der Waals surface area contributed by atoms with Crippen LogP contribution in [0.5, 0.6) is 0 Å². The molecule has 5 rings (SSSR count). The van der Waals surface area contributed by atoms with Gasteiger partial charge in [-0.2, -0.15) is 10.2 Å². The van der Waals surface area contributed by atoms with Crippen LogP contribution in [0.1, 0.15) is 48.9 Å². The minimum Gasteiger partial charge on any atom is -0.272 e. The number of amides is 2. The molecule has 0 fully saturated rings. The van der Waals surface area contributed by atoms with Gasteiger partial charge in [0.05, 0.1) is 23.2 Å². The van der Waals surface area contributed by atoms with Gasteiger partial charge in [0.1, 0.15) is 0 Å². The van der Waals surface area contributed by atoms with Gasteiger partial charge in [-0.1, -0.05) is 66.6 Å². The van der Waals surface area contributed by atoms with E-state index >= 15 is 0 Å². The number of carbonyl (C=O) groups is 2. The van der Waals surface area contributed by atoms with Crippen molar-refractivity contribution in [2.45, 2.75) is 47.0 Å². The lowest BCUT2D eigenvalue weighted by Crippen LogP contribution is -2.40. The van der Waals surface area contributed by atoms with Crippen LogP contribution in [0.3, 0.4) is 0 Å². The summed E-state index contributed by atoms with van der Waals surface area (Å²) in [5.41, 5.74) is 7.21. The number of hydrogen-bond donors (Lipinski definition) is 0. The van der Waals surface area contributed by atoms with E-state index in [1.54, 1.807) is 0 Å². The second kappa shape index (κ2) is 9.77. The lowest BCUT2D eigenvalue weighted by atomic mass is 9.73. The molecule has 6 nitrogen and oxygen atoms in total. The number of benzene rings is 3. The van der Waals surface area contributed by atoms with Gasteiger partial charge in [0.25, 0.3) is 11.8 Å². The molecule has 0 radical (unpaired) electrons. The van der Waals surface area contributed by atoms with E-state index in [2.05, 4.69) is 29.3 Å². The summed E-state index contributed by atoms with van der Waals surface area (Å²) in [4.78, 5) is 27.9. The Balaban J connectivity index is 1.56. The third kappa shape index (κ3) is 4.48. The molecule has 0 saturated heterocycles. The molecule has 2 aliphatic rings. The van der Waals surface area contributed by atoms with Crippen LogP contribution < -0.4 is 10.0 Å². The van der Waals surface area contributed by atoms with Crippen molar-refractivity contribution in [1.29, 1.82) is 0 Å². The third-order valence-electron chi connectivity index (χ3n) is 7.41. The topological polar surface area (TPSA) is 65.3 Å². The first-order chi connectivity index (χ1) is 17.8. The molecule has 3 aromatic rings. The molecule has 3 aromatic carbocycles. The summed E-state index contributed by atoms with van der Waals surface area (Å²) in [5, 5.41) is 12.3. The van der Waals surface area contributed by atoms with Crippen molar-refractivity contribution < 1.29 is 9.59 Å². The van der Waals surface area contributed by atoms with Gasteiger partial charge in [-0.15, -0.1) is 0 Å². The summed E-state index contributed by atoms with van der Waals surface area (Å²) >= 11 is 0. The summed E-state index contributed by atoms with van der Waals surface area (Å²) in [7, 11) is 0. The van der Waals surface area contributed by atoms with Crippen LogP contribution in [0, 0.1) is 25.7 Å². The largest absolute Gasteiger partial charge is 0.272 e. The van der Waals surface area contributed by atoms with Gasteiger partial charge in [-0.3, -0.25) is 9.59 Å². The van der Waals surface area contributed by atoms with Crippen LogP contribution in [0.4, 0.5) is 11.4 Å². The molecule has 2 atom stereocenters. The first-order valence-corrected chi connectivity index (χ1v) is 12.8. The van der Waals surface area contributed by atoms with Gasteiger partial charge in [-0.25, -0.2) is 10.0 Å². The predicted octanol–water partition coefficient (Wildman–Crippen LogP) is 6.03. The van der Waals surface area contributed by atoms with E-state index in [1.165, 1.54) is 15.6 Å². The Kier molecular flexibility index (Phi) is 6.50. The maximum absolute atomic E-state index is 13.9. The van der Waals surface area contributed by atoms with Crippen molar-refractivity contribution in [3.8, 4) is 0 Å². The van der Waals surface area contributed by atoms with E-state index in [4.69, 9.17) is 0 Å². The summed E-state index contributed by atoms with van der Waals surface area (Å²) in [6.07, 6.45) is 0.916. The quantitative estimate of drug-likeness (QED) is 0.422. The van der Waals surface area contributed by atoms with E-state index in [9.17, 15) is 9.59 Å². The molecule has 0 aliphatic carbocycles. The Labute approximate surface area is 218 Å². The smallest absolute Gasteiger partial charge is 0.256 e. The number of rotatable bonds is 6. The van der Waals surface area contributed by atoms with Crippen LogP contribution in [0.25, 0.3) is 0 Å². The first-order valence-electron chi connectivity index (χ1n) is 12.8. The van der Waals surface area contributed by atoms with Crippen molar-refractivity contribution in [2.24, 2.45) is 22.0 Å². The van der Waals surface area contributed by atoms with E-state index in [1.807, 2.05) is 88.4 Å². The summed E-state index contributed by atoms with van der Waals surface area (Å²) in [6, 6.07) is 23.8. The fraction of sp³-hybridized carbons (Fsp3) is 0.290. The Hall–Kier alpha value is -4.06. The van der Waals surface area contributed by atoms with Crippen molar-refractivity contribution in [3.05, 3.63) is 95.1 Å². The van der Waals surface area contributed by atoms with Crippen LogP contribution in [0.2, 0.25) is 0 Å². The maximum Gasteiger partial charge on any atom is 0.256 e. The monoisotopic (exact) mass is 492 g/mol. The predicted molar refractivity (Wildman–Crippen MR) is 149 cm³/mol. The van der Waals surface area contributed by atoms with Gasteiger partial charge in [0.15, 0.2) is 0 Å². The van der Waals surface area contributed by atoms with E-state index in [0.717, 1.165) is 34.5 Å². The molecule has 37 heavy (non-hydrogen) atoms. The molecule has 0 saturated carbocycles. The Morgan fingerprint density at radius 3 is 1.43 bits per heavy atom. The molecule has 0 bridgehead atoms. The molecule has 0 spiro atoms. The standard InChI is InChI=1S/C31H32N4O2/c1-6-23-11-13-24(14-12-23)29(27-21(4)32-34(30(27)36)25-15-7-19(2)8-16-25)28-22(5)33-35(31(28)37)26-17-9-20(3)10-18-26/h7-18,27-29H,6H2,1-5H3. The lowest BCUT2D eigenvalue weighted by molar-refractivity contribution is -0.122. The molecule has 2 amide bonds. The van der Waals surface area contributed by atoms with Gasteiger partial charge in [0, 0.05) is 17.3 Å². The van der Waals surface area contributed by atoms with Crippen molar-refractivity contribution in [3.63, 3.8) is 0 Å². The lowest BCUT2D eigenvalue weighted by Gasteiger charge is -2.29. The highest BCUT2D eigenvalue weighted by molar-refractivity contribution is 6.19. The van der Waals surface area contributed by atoms with E-state index in [0.29, 0.717) is 11.4 Å². The second-order valence-corrected chi connectivity index (χ2v) is 10.0. The summed E-state index contributed by atoms with van der Waals surface area (Å²) < 4.78 is 0. The maximum atomic E-state index is 13.9. The number of nitrogens with zero attached hydrogens (tertiary/aromatic N) is 4. The van der Waals surface area contributed by atoms with Crippen LogP contribution >= 0.6 is 0 Å². The molecule has 2 aliphatic heterocycles. The minimum atomic E-state index is -0.578. The number of aryl methyl sites for hydroxylation is 3. The molecular formula is C31H32N4O2. The zero-order chi connectivity index (χ0) is 26.3. The van der Waals surface area contributed by atoms with Gasteiger partial charge < -0.3 is 0 Å². The van der Waals surface area contributed by atoms with Crippen molar-refractivity contribution in [1.82, 2.24) is 0 Å². The van der Waals surface area contributed by atoms with Crippen LogP contribution in [-0.2, 0) is 16.0 Å². The van der Waals surface area contributed by atoms with E-state index < -0.39 is 17.8 Å². The fourth-order valence-corrected chi connectivity index (χ4v) is 5.28. The molecule has 6 heteroatoms. The second-order valence-electron chi connectivity index (χ2n) is 10.0. The highest BCUT2D eigenvalue weighted by atomic mass is 16.2. The number of hydrazone groups is 2. The Morgan fingerprint density at radius 2 is 1.05 bits per heavy atom. The zero-order valence-corrected chi connectivity index (χ0v) is 22.0. The van der Waals surface area contributed by atoms with Gasteiger partial charge >= 0.3 is 0 Å². The average Bonchev–Trinajstić information content (AvgIpc) is 3.36. The number of hydrogen-bond acceptors (Lipinski definition) is 4. The normalized spacial score (nSPS) is 20.4. The fourth-order valence-electron chi connectivity index (χ4n) is 5.28. The Bertz CT molecular complexity index is 1300. The average molecular weight is 493 g/mol. The SMILES string of the molecule is CCc1ccc(C(C2C(=O)N(c3ccc(C)cc3)N=C2C)C2C(=O)N(c3ccc(C)cc3)N=C2C)cc1.